The fourth-order valence-corrected chi connectivity index (χ4v) is 11.4. The van der Waals surface area contributed by atoms with E-state index in [2.05, 4.69) is 54.9 Å². The molecular weight excluding hydrogens is 1020 g/mol. The molecule has 7 heterocycles. The highest BCUT2D eigenvalue weighted by atomic mass is 35.5. The molecule has 1 aromatic carbocycles. The molecule has 0 saturated carbocycles. The number of rotatable bonds is 23. The van der Waals surface area contributed by atoms with Gasteiger partial charge >= 0.3 is 8.60 Å². The lowest BCUT2D eigenvalue weighted by Gasteiger charge is -2.27. The van der Waals surface area contributed by atoms with Crippen molar-refractivity contribution in [3.63, 3.8) is 0 Å². The maximum absolute atomic E-state index is 13.3. The minimum Gasteiger partial charge on any atom is -0.386 e. The van der Waals surface area contributed by atoms with E-state index in [1.165, 1.54) is 16.4 Å². The summed E-state index contributed by atoms with van der Waals surface area (Å²) < 4.78 is 37.0. The number of benzene rings is 1. The number of fused-ring (bicyclic) bond motifs is 5. The number of aryl methyl sites for hydroxylation is 2. The Kier molecular flexibility index (Phi) is 18.1. The van der Waals surface area contributed by atoms with Crippen LogP contribution in [0.1, 0.15) is 71.7 Å². The van der Waals surface area contributed by atoms with Crippen LogP contribution >= 0.6 is 43.3 Å². The fourth-order valence-electron chi connectivity index (χ4n) is 8.20. The van der Waals surface area contributed by atoms with Crippen LogP contribution in [0.2, 0.25) is 5.02 Å². The van der Waals surface area contributed by atoms with Gasteiger partial charge in [-0.1, -0.05) is 35.5 Å². The number of aromatic amines is 1. The van der Waals surface area contributed by atoms with Crippen LogP contribution in [0.15, 0.2) is 39.2 Å². The topological polar surface area (TPSA) is 316 Å². The van der Waals surface area contributed by atoms with E-state index in [4.69, 9.17) is 50.3 Å². The molecule has 0 spiro atoms. The second-order valence-corrected chi connectivity index (χ2v) is 20.5. The van der Waals surface area contributed by atoms with Crippen LogP contribution in [0.5, 0.6) is 0 Å². The number of thiophene rings is 1. The molecule has 24 nitrogen and oxygen atoms in total. The molecule has 2 saturated heterocycles. The van der Waals surface area contributed by atoms with Crippen molar-refractivity contribution >= 4 is 83.8 Å². The smallest absolute Gasteiger partial charge is 0.330 e. The molecule has 28 heteroatoms. The summed E-state index contributed by atoms with van der Waals surface area (Å²) in [4.78, 5) is 78.7. The molecule has 2 unspecified atom stereocenters. The number of H-pyrrole nitrogens is 1. The van der Waals surface area contributed by atoms with Crippen LogP contribution in [0.25, 0.3) is 16.2 Å². The number of ether oxygens (including phenoxy) is 4. The Morgan fingerprint density at radius 2 is 1.72 bits per heavy atom. The third-order valence-corrected chi connectivity index (χ3v) is 15.1. The van der Waals surface area contributed by atoms with Gasteiger partial charge in [-0.05, 0) is 51.3 Å². The van der Waals surface area contributed by atoms with Crippen LogP contribution in [-0.2, 0) is 42.4 Å². The Labute approximate surface area is 427 Å². The molecule has 4 aromatic heterocycles. The van der Waals surface area contributed by atoms with E-state index in [-0.39, 0.29) is 53.5 Å². The van der Waals surface area contributed by atoms with Gasteiger partial charge < -0.3 is 59.7 Å². The second-order valence-electron chi connectivity index (χ2n) is 16.9. The van der Waals surface area contributed by atoms with E-state index in [1.54, 1.807) is 11.3 Å². The minimum absolute atomic E-state index is 0.0116. The zero-order chi connectivity index (χ0) is 51.1. The number of aliphatic hydroxyl groups excluding tert-OH is 1. The van der Waals surface area contributed by atoms with E-state index in [0.717, 1.165) is 45.0 Å². The molecule has 0 aliphatic carbocycles. The van der Waals surface area contributed by atoms with Crippen molar-refractivity contribution in [1.82, 2.24) is 50.2 Å². The fraction of sp³-hybridized carbons (Fsp3) is 0.523. The first-order valence-corrected chi connectivity index (χ1v) is 26.4. The largest absolute Gasteiger partial charge is 0.386 e. The van der Waals surface area contributed by atoms with Gasteiger partial charge in [0.1, 0.15) is 41.2 Å². The summed E-state index contributed by atoms with van der Waals surface area (Å²) in [6.07, 6.45) is -3.00. The number of anilines is 1. The van der Waals surface area contributed by atoms with Gasteiger partial charge in [0.2, 0.25) is 23.7 Å². The normalized spacial score (nSPS) is 20.8. The highest BCUT2D eigenvalue weighted by Crippen LogP contribution is 2.47. The number of carbonyl (C=O) groups is 3. The predicted octanol–water partition coefficient (Wildman–Crippen LogP) is 2.46. The zero-order valence-electron chi connectivity index (χ0n) is 39.8. The van der Waals surface area contributed by atoms with Crippen molar-refractivity contribution in [2.75, 3.05) is 70.8 Å². The number of aliphatic hydroxyl groups is 1. The molecular formula is C44H56ClN12O12PS2. The number of hydrogen-bond acceptors (Lipinski definition) is 20. The number of carbonyl (C=O) groups excluding carboxylic acids is 3. The second kappa shape index (κ2) is 24.4. The molecule has 5 aromatic rings. The summed E-state index contributed by atoms with van der Waals surface area (Å²) in [7, 11) is -2.22. The standard InChI is InChI=1S/C44H56ClN12O12PS2/c1-22-23(2)72-42-32(22)33(26-7-9-27(45)10-8-26)50-28(37-55-54-24(3)56(37)42)19-31(59)47-11-5-13-64-15-17-66-18-16-65-14-6-12-48-39(61)29(49-25(4)58)21-71-44-51-34-38(52-43(46)53-40(34)62)57(44)41-35(60)36-30(68-41)20-67-70(63)69-36/h7-10,28-30,35-36,41,60,63H,5-6,11-21H2,1-4H3,(H,47,59)(H,48,61)(H,49,58)(H3,46,52,53,62)/t28-,29-,30+,35+,36+,41?,70?/m0/s1. The van der Waals surface area contributed by atoms with Crippen LogP contribution < -0.4 is 27.2 Å². The monoisotopic (exact) mass is 1070 g/mol. The third kappa shape index (κ3) is 12.5. The third-order valence-electron chi connectivity index (χ3n) is 11.8. The maximum Gasteiger partial charge on any atom is 0.330 e. The molecule has 72 heavy (non-hydrogen) atoms. The number of nitrogens with two attached hydrogens (primary N) is 1. The number of aliphatic imine (C=N–C) groups is 1. The maximum atomic E-state index is 13.3. The van der Waals surface area contributed by atoms with Crippen LogP contribution in [0.3, 0.4) is 0 Å². The van der Waals surface area contributed by atoms with Gasteiger partial charge in [0, 0.05) is 60.0 Å². The van der Waals surface area contributed by atoms with Gasteiger partial charge in [0.15, 0.2) is 28.4 Å². The van der Waals surface area contributed by atoms with Crippen LogP contribution in [0, 0.1) is 20.8 Å². The van der Waals surface area contributed by atoms with Crippen LogP contribution in [0.4, 0.5) is 5.95 Å². The number of imidazole rings is 1. The van der Waals surface area contributed by atoms with Crippen molar-refractivity contribution < 1.29 is 52.4 Å². The SMILES string of the molecule is CC(=O)N[C@@H](CSc1nc2c(=O)[nH]c(N)nc2n1C1O[C@@H]2COP(O)O[C@H]2[C@H]1O)C(=O)NCCCOCCOCCOCCCNC(=O)C[C@@H]1N=C(c2ccc(Cl)cc2)c2c(sc(C)c2C)-n2c(C)nnc21. The van der Waals surface area contributed by atoms with Crippen molar-refractivity contribution in [2.24, 2.45) is 4.99 Å². The number of thioether (sulfide) groups is 1. The molecule has 3 aliphatic heterocycles. The van der Waals surface area contributed by atoms with E-state index in [1.807, 2.05) is 35.8 Å². The molecule has 8 rings (SSSR count). The number of halogens is 1. The molecule has 8 N–H and O–H groups in total. The first kappa shape index (κ1) is 53.3. The Morgan fingerprint density at radius 3 is 2.43 bits per heavy atom. The van der Waals surface area contributed by atoms with Crippen LogP contribution in [-0.4, -0.2) is 157 Å². The highest BCUT2D eigenvalue weighted by molar-refractivity contribution is 7.99. The number of nitrogens with one attached hydrogen (secondary N) is 4. The lowest BCUT2D eigenvalue weighted by molar-refractivity contribution is -0.127. The summed E-state index contributed by atoms with van der Waals surface area (Å²) in [5, 5.41) is 30.2. The van der Waals surface area contributed by atoms with E-state index < -0.39 is 62.6 Å². The lowest BCUT2D eigenvalue weighted by atomic mass is 9.99. The molecule has 3 aliphatic rings. The Balaban J connectivity index is 0.708. The van der Waals surface area contributed by atoms with Crippen molar-refractivity contribution in [3.05, 3.63) is 72.9 Å². The molecule has 388 valence electrons. The summed E-state index contributed by atoms with van der Waals surface area (Å²) >= 11 is 8.90. The Morgan fingerprint density at radius 1 is 1.03 bits per heavy atom. The van der Waals surface area contributed by atoms with Gasteiger partial charge in [-0.3, -0.25) is 38.3 Å². The molecule has 7 atom stereocenters. The minimum atomic E-state index is -2.22. The van der Waals surface area contributed by atoms with Gasteiger partial charge in [-0.25, -0.2) is 4.98 Å². The quantitative estimate of drug-likeness (QED) is 0.0281. The summed E-state index contributed by atoms with van der Waals surface area (Å²) in [6.45, 7) is 10.1. The Bertz CT molecular complexity index is 2830. The van der Waals surface area contributed by atoms with Crippen molar-refractivity contribution in [2.45, 2.75) is 88.7 Å². The lowest BCUT2D eigenvalue weighted by Crippen LogP contribution is -2.48. The first-order valence-electron chi connectivity index (χ1n) is 23.1. The Hall–Kier alpha value is -4.96. The summed E-state index contributed by atoms with van der Waals surface area (Å²) in [5.41, 5.74) is 8.94. The van der Waals surface area contributed by atoms with Crippen molar-refractivity contribution in [3.8, 4) is 5.00 Å². The number of nitrogens with zero attached hydrogens (tertiary/aromatic N) is 7. The zero-order valence-corrected chi connectivity index (χ0v) is 43.1. The van der Waals surface area contributed by atoms with Gasteiger partial charge in [0.25, 0.3) is 5.56 Å². The van der Waals surface area contributed by atoms with Gasteiger partial charge in [-0.15, -0.1) is 21.5 Å². The summed E-state index contributed by atoms with van der Waals surface area (Å²) in [5.74, 6) is 0.0401. The molecule has 2 fully saturated rings. The number of hydrogen-bond donors (Lipinski definition) is 7. The number of nitrogen functional groups attached to an aromatic ring is 1. The van der Waals surface area contributed by atoms with Gasteiger partial charge in [-0.2, -0.15) is 4.98 Å². The highest BCUT2D eigenvalue weighted by Gasteiger charge is 2.51. The average Bonchev–Trinajstić information content (AvgIpc) is 4.06. The van der Waals surface area contributed by atoms with Crippen molar-refractivity contribution in [1.29, 1.82) is 0 Å². The van der Waals surface area contributed by atoms with E-state index in [9.17, 15) is 29.2 Å². The van der Waals surface area contributed by atoms with E-state index in [0.29, 0.717) is 69.9 Å². The van der Waals surface area contributed by atoms with E-state index >= 15 is 0 Å². The predicted molar refractivity (Wildman–Crippen MR) is 266 cm³/mol. The first-order chi connectivity index (χ1) is 34.7. The van der Waals surface area contributed by atoms with Gasteiger partial charge in [0.05, 0.1) is 45.2 Å². The molecule has 0 bridgehead atoms. The number of aromatic nitrogens is 7. The average molecular weight is 1080 g/mol. The molecule has 0 radical (unpaired) electrons. The molecule has 3 amide bonds. The number of amides is 3. The summed E-state index contributed by atoms with van der Waals surface area (Å²) in [6, 6.07) is 5.98.